The van der Waals surface area contributed by atoms with Crippen LogP contribution in [0.25, 0.3) is 5.70 Å². The van der Waals surface area contributed by atoms with E-state index in [9.17, 15) is 0 Å². The van der Waals surface area contributed by atoms with Crippen molar-refractivity contribution in [2.24, 2.45) is 18.0 Å². The Hall–Kier alpha value is -2.40. The molecule has 1 aromatic carbocycles. The fourth-order valence-corrected chi connectivity index (χ4v) is 5.03. The second-order valence-electron chi connectivity index (χ2n) is 8.30. The van der Waals surface area contributed by atoms with Crippen LogP contribution in [0.5, 0.6) is 0 Å². The second kappa shape index (κ2) is 7.21. The lowest BCUT2D eigenvalue weighted by Crippen LogP contribution is -2.41. The number of piperidine rings is 1. The van der Waals surface area contributed by atoms with Crippen molar-refractivity contribution in [3.8, 4) is 0 Å². The van der Waals surface area contributed by atoms with Crippen LogP contribution in [-0.4, -0.2) is 58.0 Å². The lowest BCUT2D eigenvalue weighted by molar-refractivity contribution is 0.191. The summed E-state index contributed by atoms with van der Waals surface area (Å²) >= 11 is 0. The summed E-state index contributed by atoms with van der Waals surface area (Å²) in [5.41, 5.74) is 7.84. The molecule has 0 bridgehead atoms. The molecule has 0 spiro atoms. The normalized spacial score (nSPS) is 20.2. The Morgan fingerprint density at radius 1 is 1.07 bits per heavy atom. The predicted octanol–water partition coefficient (Wildman–Crippen LogP) is 2.96. The van der Waals surface area contributed by atoms with Crippen molar-refractivity contribution in [3.05, 3.63) is 59.4 Å². The second-order valence-corrected chi connectivity index (χ2v) is 8.30. The molecule has 5 heteroatoms. The highest BCUT2D eigenvalue weighted by Gasteiger charge is 2.28. The number of likely N-dealkylation sites (tertiary alicyclic amines) is 1. The largest absolute Gasteiger partial charge is 0.369 e. The van der Waals surface area contributed by atoms with Gasteiger partial charge in [0.2, 0.25) is 0 Å². The molecule has 2 aromatic rings. The van der Waals surface area contributed by atoms with Crippen molar-refractivity contribution in [2.45, 2.75) is 25.8 Å². The third kappa shape index (κ3) is 3.08. The van der Waals surface area contributed by atoms with Crippen LogP contribution in [0.2, 0.25) is 0 Å². The number of aliphatic imine (C=N–C) groups is 1. The van der Waals surface area contributed by atoms with Gasteiger partial charge in [0.05, 0.1) is 24.1 Å². The molecule has 0 unspecified atom stereocenters. The van der Waals surface area contributed by atoms with Gasteiger partial charge in [-0.05, 0) is 37.9 Å². The first kappa shape index (κ1) is 17.7. The maximum Gasteiger partial charge on any atom is 0.0866 e. The first-order valence-electron chi connectivity index (χ1n) is 10.5. The minimum absolute atomic E-state index is 0.627. The predicted molar refractivity (Wildman–Crippen MR) is 113 cm³/mol. The summed E-state index contributed by atoms with van der Waals surface area (Å²) in [4.78, 5) is 9.93. The van der Waals surface area contributed by atoms with Crippen LogP contribution in [0.4, 0.5) is 0 Å². The van der Waals surface area contributed by atoms with Gasteiger partial charge in [-0.2, -0.15) is 5.10 Å². The minimum Gasteiger partial charge on any atom is -0.369 e. The molecule has 0 atom stereocenters. The van der Waals surface area contributed by atoms with E-state index in [2.05, 4.69) is 45.7 Å². The molecule has 1 saturated heterocycles. The Bertz CT molecular complexity index is 917. The van der Waals surface area contributed by atoms with Crippen molar-refractivity contribution in [3.63, 3.8) is 0 Å². The minimum atomic E-state index is 0.627. The van der Waals surface area contributed by atoms with Crippen LogP contribution < -0.4 is 0 Å². The molecule has 28 heavy (non-hydrogen) atoms. The Morgan fingerprint density at radius 2 is 1.89 bits per heavy atom. The molecule has 3 aliphatic rings. The molecule has 0 aliphatic carbocycles. The Balaban J connectivity index is 1.15. The van der Waals surface area contributed by atoms with Gasteiger partial charge in [-0.15, -0.1) is 0 Å². The number of nitrogens with zero attached hydrogens (tertiary/aromatic N) is 5. The molecule has 4 heterocycles. The molecule has 0 N–H and O–H groups in total. The van der Waals surface area contributed by atoms with Crippen molar-refractivity contribution in [2.75, 3.05) is 32.7 Å². The van der Waals surface area contributed by atoms with Crippen LogP contribution in [0.1, 0.15) is 35.2 Å². The van der Waals surface area contributed by atoms with Crippen LogP contribution in [0, 0.1) is 5.92 Å². The van der Waals surface area contributed by atoms with Gasteiger partial charge in [0.15, 0.2) is 0 Å². The molecule has 1 aromatic heterocycles. The van der Waals surface area contributed by atoms with Crippen LogP contribution in [-0.2, 0) is 20.0 Å². The summed E-state index contributed by atoms with van der Waals surface area (Å²) in [7, 11) is 2.02. The Labute approximate surface area is 167 Å². The van der Waals surface area contributed by atoms with E-state index in [0.29, 0.717) is 5.92 Å². The van der Waals surface area contributed by atoms with Crippen molar-refractivity contribution < 1.29 is 0 Å². The van der Waals surface area contributed by atoms with Gasteiger partial charge in [-0.3, -0.25) is 9.67 Å². The van der Waals surface area contributed by atoms with Crippen molar-refractivity contribution in [1.82, 2.24) is 19.6 Å². The standard InChI is InChI=1S/C23H29N5/c1-17-23-20(16-25-26(23)2)9-12-28(17)14-13-27-10-7-18(8-11-27)22-21-6-4-3-5-19(21)15-24-22/h3-6,16,18H,1,7-15H2,2H3. The smallest absolute Gasteiger partial charge is 0.0866 e. The fourth-order valence-electron chi connectivity index (χ4n) is 5.03. The molecule has 0 radical (unpaired) electrons. The third-order valence-electron chi connectivity index (χ3n) is 6.69. The van der Waals surface area contributed by atoms with Gasteiger partial charge in [0, 0.05) is 49.4 Å². The molecular formula is C23H29N5. The van der Waals surface area contributed by atoms with Gasteiger partial charge in [0.1, 0.15) is 0 Å². The number of rotatable bonds is 4. The number of aryl methyl sites for hydroxylation is 1. The van der Waals surface area contributed by atoms with Gasteiger partial charge in [-0.1, -0.05) is 30.8 Å². The lowest BCUT2D eigenvalue weighted by atomic mass is 9.87. The van der Waals surface area contributed by atoms with E-state index in [0.717, 1.165) is 38.3 Å². The zero-order chi connectivity index (χ0) is 19.1. The lowest BCUT2D eigenvalue weighted by Gasteiger charge is -2.36. The highest BCUT2D eigenvalue weighted by molar-refractivity contribution is 6.05. The topological polar surface area (TPSA) is 36.7 Å². The number of hydrogen-bond acceptors (Lipinski definition) is 4. The van der Waals surface area contributed by atoms with E-state index >= 15 is 0 Å². The average molecular weight is 376 g/mol. The van der Waals surface area contributed by atoms with E-state index in [1.54, 1.807) is 0 Å². The summed E-state index contributed by atoms with van der Waals surface area (Å²) in [6, 6.07) is 8.75. The molecule has 146 valence electrons. The number of fused-ring (bicyclic) bond motifs is 2. The summed E-state index contributed by atoms with van der Waals surface area (Å²) in [6.07, 6.45) is 5.51. The van der Waals surface area contributed by atoms with E-state index in [-0.39, 0.29) is 0 Å². The van der Waals surface area contributed by atoms with Crippen molar-refractivity contribution in [1.29, 1.82) is 0 Å². The maximum absolute atomic E-state index is 4.88. The first-order chi connectivity index (χ1) is 13.7. The van der Waals surface area contributed by atoms with Gasteiger partial charge >= 0.3 is 0 Å². The van der Waals surface area contributed by atoms with E-state index in [1.807, 2.05) is 17.9 Å². The summed E-state index contributed by atoms with van der Waals surface area (Å²) in [5, 5.41) is 4.40. The zero-order valence-corrected chi connectivity index (χ0v) is 16.8. The molecule has 5 nitrogen and oxygen atoms in total. The number of benzene rings is 1. The van der Waals surface area contributed by atoms with Gasteiger partial charge in [0.25, 0.3) is 0 Å². The SMILES string of the molecule is C=C1c2c(cnn2C)CCN1CCN1CCC(C2=NCc3ccccc32)CC1. The Morgan fingerprint density at radius 3 is 2.75 bits per heavy atom. The molecule has 1 fully saturated rings. The third-order valence-corrected chi connectivity index (χ3v) is 6.69. The molecular weight excluding hydrogens is 346 g/mol. The average Bonchev–Trinajstić information content (AvgIpc) is 3.32. The van der Waals surface area contributed by atoms with Gasteiger partial charge < -0.3 is 9.80 Å². The highest BCUT2D eigenvalue weighted by atomic mass is 15.3. The Kier molecular flexibility index (Phi) is 4.55. The van der Waals surface area contributed by atoms with Crippen molar-refractivity contribution >= 4 is 11.4 Å². The first-order valence-corrected chi connectivity index (χ1v) is 10.5. The molecule has 3 aliphatic heterocycles. The monoisotopic (exact) mass is 375 g/mol. The van der Waals surface area contributed by atoms with E-state index < -0.39 is 0 Å². The van der Waals surface area contributed by atoms with Gasteiger partial charge in [-0.25, -0.2) is 0 Å². The van der Waals surface area contributed by atoms with E-state index in [4.69, 9.17) is 4.99 Å². The zero-order valence-electron chi connectivity index (χ0n) is 16.8. The highest BCUT2D eigenvalue weighted by Crippen LogP contribution is 2.29. The number of hydrogen-bond donors (Lipinski definition) is 0. The van der Waals surface area contributed by atoms with Crippen LogP contribution >= 0.6 is 0 Å². The summed E-state index contributed by atoms with van der Waals surface area (Å²) < 4.78 is 1.97. The summed E-state index contributed by atoms with van der Waals surface area (Å²) in [6.45, 7) is 10.8. The molecule has 0 saturated carbocycles. The molecule has 5 rings (SSSR count). The quantitative estimate of drug-likeness (QED) is 0.824. The fraction of sp³-hybridized carbons (Fsp3) is 0.478. The number of aromatic nitrogens is 2. The molecule has 0 amide bonds. The van der Waals surface area contributed by atoms with E-state index in [1.165, 1.54) is 54.0 Å². The van der Waals surface area contributed by atoms with Crippen LogP contribution in [0.15, 0.2) is 42.0 Å². The summed E-state index contributed by atoms with van der Waals surface area (Å²) in [5.74, 6) is 0.627. The maximum atomic E-state index is 4.88. The van der Waals surface area contributed by atoms with Crippen LogP contribution in [0.3, 0.4) is 0 Å².